The molecule has 0 bridgehead atoms. The Morgan fingerprint density at radius 1 is 0.179 bits per heavy atom. The molecule has 0 aromatic heterocycles. The van der Waals surface area contributed by atoms with Gasteiger partial charge in [-0.2, -0.15) is 0 Å². The summed E-state index contributed by atoms with van der Waals surface area (Å²) in [5.74, 6) is 0. The normalized spacial score (nSPS) is 3.86. The summed E-state index contributed by atoms with van der Waals surface area (Å²) in [7, 11) is -11.7. The minimum absolute atomic E-state index is 0. The molecule has 0 N–H and O–H groups in total. The third-order valence-electron chi connectivity index (χ3n) is 0. The maximum absolute atomic E-state index is 8.42. The minimum atomic E-state index is -2.92. The molecule has 0 saturated carbocycles. The third-order valence-corrected chi connectivity index (χ3v) is 0. The van der Waals surface area contributed by atoms with Crippen molar-refractivity contribution < 1.29 is 60.3 Å². The van der Waals surface area contributed by atoms with Crippen LogP contribution in [0.4, 0.5) is 0 Å². The second kappa shape index (κ2) is 98.4. The Kier molecular flexibility index (Phi) is 375. The van der Waals surface area contributed by atoms with Crippen LogP contribution in [0, 0.1) is 0 Å². The first kappa shape index (κ1) is 107. The summed E-state index contributed by atoms with van der Waals surface area (Å²) in [6, 6.07) is 0. The van der Waals surface area contributed by atoms with Crippen molar-refractivity contribution in [3.05, 3.63) is 0 Å². The Labute approximate surface area is 406 Å². The Hall–Kier alpha value is 10.8. The van der Waals surface area contributed by atoms with Gasteiger partial charge in [-0.25, -0.2) is 0 Å². The van der Waals surface area contributed by atoms with Crippen molar-refractivity contribution in [1.82, 2.24) is 0 Å². The Morgan fingerprint density at radius 2 is 0.179 bits per heavy atom. The molecule has 0 aromatic carbocycles. The van der Waals surface area contributed by atoms with Crippen molar-refractivity contribution in [2.75, 3.05) is 0 Å². The van der Waals surface area contributed by atoms with E-state index in [-0.39, 0.29) is 328 Å². The molecule has 0 aliphatic rings. The third kappa shape index (κ3) is 403. The van der Waals surface area contributed by atoms with Crippen LogP contribution in [-0.2, 0) is 0 Å². The van der Waals surface area contributed by atoms with E-state index in [1.165, 1.54) is 0 Å². The first-order chi connectivity index (χ1) is 6.93. The van der Waals surface area contributed by atoms with Gasteiger partial charge in [-0.15, -0.1) is 0 Å². The van der Waals surface area contributed by atoms with Crippen LogP contribution in [0.5, 0.6) is 0 Å². The zero-order valence-electron chi connectivity index (χ0n) is 14.1. The van der Waals surface area contributed by atoms with Gasteiger partial charge in [0.15, 0.2) is 0 Å². The van der Waals surface area contributed by atoms with E-state index in [1.807, 2.05) is 0 Å². The standard InChI is InChI=1S/4BO3.12Tl/c4*2-1(3)4;;;;;;;;;;;;/q4*-3;12*+1. The molecule has 0 radical (unpaired) electrons. The van der Waals surface area contributed by atoms with E-state index < -0.39 is 29.3 Å². The first-order valence-corrected chi connectivity index (χ1v) is 2.83. The Morgan fingerprint density at radius 3 is 0.179 bits per heavy atom. The van der Waals surface area contributed by atoms with Crippen LogP contribution in [0.3, 0.4) is 0 Å². The van der Waals surface area contributed by atoms with Crippen molar-refractivity contribution in [2.45, 2.75) is 0 Å². The van der Waals surface area contributed by atoms with E-state index in [1.54, 1.807) is 0 Å². The predicted molar refractivity (Wildman–Crippen MR) is 92.1 cm³/mol. The van der Waals surface area contributed by atoms with Crippen molar-refractivity contribution in [3.8, 4) is 0 Å². The van der Waals surface area contributed by atoms with Crippen molar-refractivity contribution in [3.63, 3.8) is 0 Å². The Balaban J connectivity index is -0.00000000429. The van der Waals surface area contributed by atoms with Gasteiger partial charge in [-0.05, 0) is 0 Å². The van der Waals surface area contributed by atoms with Gasteiger partial charge in [0.05, 0.1) is 0 Å². The molecule has 0 unspecified atom stereocenters. The van der Waals surface area contributed by atoms with E-state index >= 15 is 0 Å². The second-order valence-electron chi connectivity index (χ2n) is 1.15. The zero-order chi connectivity index (χ0) is 14.3. The van der Waals surface area contributed by atoms with E-state index in [2.05, 4.69) is 0 Å². The fraction of sp³-hybridized carbons (Fsp3) is 0. The topological polar surface area (TPSA) is 277 Å². The van der Waals surface area contributed by atoms with Gasteiger partial charge in [-0.3, -0.25) is 29.3 Å². The summed E-state index contributed by atoms with van der Waals surface area (Å²) in [5, 5.41) is 101. The molecule has 0 rings (SSSR count). The maximum atomic E-state index is 8.42. The average Bonchev–Trinajstić information content (AvgIpc) is 1.76. The van der Waals surface area contributed by atoms with Gasteiger partial charge >= 0.3 is 328 Å². The molecule has 28 heavy (non-hydrogen) atoms. The van der Waals surface area contributed by atoms with Crippen LogP contribution in [-0.4, -0.2) is 357 Å². The van der Waals surface area contributed by atoms with E-state index in [4.69, 9.17) is 60.3 Å². The summed E-state index contributed by atoms with van der Waals surface area (Å²) in [6.45, 7) is 0. The maximum Gasteiger partial charge on any atom is 1.00 e. The minimum Gasteiger partial charge on any atom is -0.907 e. The van der Waals surface area contributed by atoms with Crippen molar-refractivity contribution >= 4 is 357 Å². The SMILES string of the molecule is [O-]B([O-])[O-].[O-]B([O-])[O-].[O-]B([O-])[O-].[O-]B([O-])[O-].[Tl+].[Tl+].[Tl+].[Tl+].[Tl+].[Tl+].[Tl+].[Tl+].[Tl+].[Tl+].[Tl+].[Tl+]. The molecule has 0 atom stereocenters. The molecule has 28 heteroatoms. The molecule has 0 spiro atoms. The molecule has 0 aliphatic heterocycles. The summed E-state index contributed by atoms with van der Waals surface area (Å²) in [5.41, 5.74) is 0. The summed E-state index contributed by atoms with van der Waals surface area (Å²) in [6.07, 6.45) is 0. The predicted octanol–water partition coefficient (Wildman–Crippen LogP) is -20.4. The fourth-order valence-corrected chi connectivity index (χ4v) is 0. The molecule has 0 aliphatic carbocycles. The van der Waals surface area contributed by atoms with Crippen LogP contribution in [0.1, 0.15) is 0 Å². The summed E-state index contributed by atoms with van der Waals surface area (Å²) >= 11 is 0. The van der Waals surface area contributed by atoms with Crippen LogP contribution >= 0.6 is 0 Å². The summed E-state index contributed by atoms with van der Waals surface area (Å²) < 4.78 is 0. The van der Waals surface area contributed by atoms with Gasteiger partial charge in [0.1, 0.15) is 0 Å². The molecular formula is B4O12Tl12. The van der Waals surface area contributed by atoms with E-state index in [9.17, 15) is 0 Å². The van der Waals surface area contributed by atoms with Crippen LogP contribution < -0.4 is 60.3 Å². The molecule has 120 valence electrons. The van der Waals surface area contributed by atoms with Crippen molar-refractivity contribution in [1.29, 1.82) is 0 Å². The number of hydrogen-bond donors (Lipinski definition) is 0. The van der Waals surface area contributed by atoms with Crippen molar-refractivity contribution in [2.24, 2.45) is 0 Å². The van der Waals surface area contributed by atoms with Crippen LogP contribution in [0.25, 0.3) is 0 Å². The molecular weight excluding hydrogens is 2690 g/mol. The Bertz CT molecular complexity index is 83.6. The molecule has 0 fully saturated rings. The van der Waals surface area contributed by atoms with Crippen LogP contribution in [0.2, 0.25) is 0 Å². The van der Waals surface area contributed by atoms with Gasteiger partial charge in [0.25, 0.3) is 0 Å². The monoisotopic (exact) mass is 2700 g/mol. The van der Waals surface area contributed by atoms with Gasteiger partial charge < -0.3 is 60.3 Å². The molecule has 0 aromatic rings. The van der Waals surface area contributed by atoms with E-state index in [0.717, 1.165) is 0 Å². The average molecular weight is 2690 g/mol. The van der Waals surface area contributed by atoms with Gasteiger partial charge in [0.2, 0.25) is 0 Å². The second-order valence-corrected chi connectivity index (χ2v) is 1.15. The van der Waals surface area contributed by atoms with Gasteiger partial charge in [-0.1, -0.05) is 0 Å². The van der Waals surface area contributed by atoms with Crippen LogP contribution in [0.15, 0.2) is 0 Å². The largest absolute Gasteiger partial charge is 1.00 e. The smallest absolute Gasteiger partial charge is 0.907 e. The summed E-state index contributed by atoms with van der Waals surface area (Å²) in [4.78, 5) is 0. The molecule has 0 amide bonds. The number of hydrogen-bond acceptors (Lipinski definition) is 12. The van der Waals surface area contributed by atoms with E-state index in [0.29, 0.717) is 0 Å². The quantitative estimate of drug-likeness (QED) is 0.205. The zero-order valence-corrected chi connectivity index (χ0v) is 68.0. The first-order valence-electron chi connectivity index (χ1n) is 2.83. The van der Waals surface area contributed by atoms with Gasteiger partial charge in [0, 0.05) is 0 Å². The molecule has 0 saturated heterocycles. The molecule has 12 nitrogen and oxygen atoms in total. The fourth-order valence-electron chi connectivity index (χ4n) is 0. The number of rotatable bonds is 0. The molecule has 0 heterocycles.